The van der Waals surface area contributed by atoms with E-state index in [1.807, 2.05) is 0 Å². The largest absolute Gasteiger partial charge is 0.434 e. The van der Waals surface area contributed by atoms with Gasteiger partial charge in [0.15, 0.2) is 5.69 Å². The molecule has 2 fully saturated rings. The highest BCUT2D eigenvalue weighted by Gasteiger charge is 2.38. The Hall–Kier alpha value is -2.60. The number of halogens is 5. The van der Waals surface area contributed by atoms with E-state index in [1.54, 1.807) is 10.8 Å². The van der Waals surface area contributed by atoms with Crippen molar-refractivity contribution in [2.24, 2.45) is 0 Å². The topological polar surface area (TPSA) is 76.9 Å². The average Bonchev–Trinajstić information content (AvgIpc) is 3.49. The minimum Gasteiger partial charge on any atom is -0.329 e. The standard InChI is InChI=1S/C21H19F5N4O2S/c22-12-6-16(19(27-9-12)21(24,25)26)18-17(23)7-15-11(8-28-33(31,32)14-4-5-14)10-30(20(15)29-18)13-2-1-3-13/h6-7,9-10,13-14,28H,1-5,8H2. The van der Waals surface area contributed by atoms with E-state index in [0.717, 1.165) is 25.3 Å². The first-order valence-corrected chi connectivity index (χ1v) is 12.0. The van der Waals surface area contributed by atoms with Crippen LogP contribution in [0, 0.1) is 11.6 Å². The molecule has 12 heteroatoms. The van der Waals surface area contributed by atoms with Gasteiger partial charge in [0.2, 0.25) is 10.0 Å². The van der Waals surface area contributed by atoms with Crippen LogP contribution >= 0.6 is 0 Å². The third-order valence-electron chi connectivity index (χ3n) is 6.11. The van der Waals surface area contributed by atoms with Crippen LogP contribution in [0.15, 0.2) is 24.5 Å². The Morgan fingerprint density at radius 3 is 2.45 bits per heavy atom. The number of hydrogen-bond acceptors (Lipinski definition) is 4. The molecule has 3 aromatic heterocycles. The van der Waals surface area contributed by atoms with E-state index < -0.39 is 50.0 Å². The molecule has 2 aliphatic carbocycles. The van der Waals surface area contributed by atoms with Crippen LogP contribution < -0.4 is 4.72 Å². The molecule has 5 rings (SSSR count). The smallest absolute Gasteiger partial charge is 0.329 e. The fourth-order valence-corrected chi connectivity index (χ4v) is 5.35. The fourth-order valence-electron chi connectivity index (χ4n) is 4.00. The van der Waals surface area contributed by atoms with Gasteiger partial charge in [0, 0.05) is 29.7 Å². The van der Waals surface area contributed by atoms with Crippen LogP contribution in [0.5, 0.6) is 0 Å². The Labute approximate surface area is 185 Å². The Balaban J connectivity index is 1.63. The molecule has 3 aromatic rings. The summed E-state index contributed by atoms with van der Waals surface area (Å²) in [6.07, 6.45) is 0.881. The average molecular weight is 486 g/mol. The Kier molecular flexibility index (Phi) is 5.20. The quantitative estimate of drug-likeness (QED) is 0.513. The Bertz CT molecular complexity index is 1340. The molecule has 6 nitrogen and oxygen atoms in total. The molecular weight excluding hydrogens is 467 g/mol. The highest BCUT2D eigenvalue weighted by atomic mass is 32.2. The molecule has 0 aromatic carbocycles. The van der Waals surface area contributed by atoms with Crippen molar-refractivity contribution >= 4 is 21.1 Å². The lowest BCUT2D eigenvalue weighted by atomic mass is 9.93. The van der Waals surface area contributed by atoms with Gasteiger partial charge >= 0.3 is 6.18 Å². The van der Waals surface area contributed by atoms with Crippen molar-refractivity contribution in [1.82, 2.24) is 19.3 Å². The summed E-state index contributed by atoms with van der Waals surface area (Å²) in [5.74, 6) is -2.14. The maximum absolute atomic E-state index is 15.1. The zero-order valence-corrected chi connectivity index (χ0v) is 18.0. The zero-order chi connectivity index (χ0) is 23.5. The van der Waals surface area contributed by atoms with Crippen LogP contribution in [0.2, 0.25) is 0 Å². The molecule has 0 bridgehead atoms. The van der Waals surface area contributed by atoms with Crippen molar-refractivity contribution < 1.29 is 30.4 Å². The maximum Gasteiger partial charge on any atom is 0.434 e. The normalized spacial score (nSPS) is 17.5. The van der Waals surface area contributed by atoms with E-state index in [1.165, 1.54) is 0 Å². The van der Waals surface area contributed by atoms with Gasteiger partial charge in [-0.25, -0.2) is 31.9 Å². The first kappa shape index (κ1) is 22.2. The van der Waals surface area contributed by atoms with Gasteiger partial charge in [-0.1, -0.05) is 0 Å². The van der Waals surface area contributed by atoms with Crippen molar-refractivity contribution in [2.75, 3.05) is 0 Å². The van der Waals surface area contributed by atoms with E-state index in [4.69, 9.17) is 0 Å². The molecule has 0 atom stereocenters. The van der Waals surface area contributed by atoms with Gasteiger partial charge < -0.3 is 4.57 Å². The summed E-state index contributed by atoms with van der Waals surface area (Å²) in [5.41, 5.74) is -2.21. The lowest BCUT2D eigenvalue weighted by Crippen LogP contribution is -2.26. The van der Waals surface area contributed by atoms with Gasteiger partial charge in [-0.15, -0.1) is 0 Å². The number of nitrogens with zero attached hydrogens (tertiary/aromatic N) is 3. The van der Waals surface area contributed by atoms with E-state index in [0.29, 0.717) is 36.1 Å². The molecule has 33 heavy (non-hydrogen) atoms. The van der Waals surface area contributed by atoms with Crippen molar-refractivity contribution in [3.8, 4) is 11.3 Å². The number of rotatable bonds is 6. The number of sulfonamides is 1. The van der Waals surface area contributed by atoms with Crippen molar-refractivity contribution in [1.29, 1.82) is 0 Å². The summed E-state index contributed by atoms with van der Waals surface area (Å²) in [7, 11) is -3.49. The summed E-state index contributed by atoms with van der Waals surface area (Å²) >= 11 is 0. The minimum atomic E-state index is -4.94. The van der Waals surface area contributed by atoms with E-state index >= 15 is 4.39 Å². The highest BCUT2D eigenvalue weighted by molar-refractivity contribution is 7.90. The minimum absolute atomic E-state index is 0.0137. The monoisotopic (exact) mass is 486 g/mol. The Morgan fingerprint density at radius 1 is 1.12 bits per heavy atom. The van der Waals surface area contributed by atoms with Crippen LogP contribution in [0.1, 0.15) is 49.4 Å². The molecule has 0 saturated heterocycles. The zero-order valence-electron chi connectivity index (χ0n) is 17.2. The lowest BCUT2D eigenvalue weighted by Gasteiger charge is -2.27. The lowest BCUT2D eigenvalue weighted by molar-refractivity contribution is -0.140. The summed E-state index contributed by atoms with van der Waals surface area (Å²) in [6.45, 7) is -0.0924. The summed E-state index contributed by atoms with van der Waals surface area (Å²) in [4.78, 5) is 7.31. The molecular formula is C21H19F5N4O2S. The van der Waals surface area contributed by atoms with Gasteiger partial charge in [0.05, 0.1) is 11.4 Å². The van der Waals surface area contributed by atoms with Crippen LogP contribution in [0.3, 0.4) is 0 Å². The molecule has 3 heterocycles. The molecule has 0 unspecified atom stereocenters. The van der Waals surface area contributed by atoms with E-state index in [2.05, 4.69) is 14.7 Å². The van der Waals surface area contributed by atoms with Crippen molar-refractivity contribution in [3.05, 3.63) is 47.4 Å². The predicted molar refractivity (Wildman–Crippen MR) is 110 cm³/mol. The van der Waals surface area contributed by atoms with Crippen LogP contribution in [-0.2, 0) is 22.7 Å². The van der Waals surface area contributed by atoms with Gasteiger partial charge in [-0.3, -0.25) is 0 Å². The molecule has 176 valence electrons. The number of alkyl halides is 3. The molecule has 0 aliphatic heterocycles. The summed E-state index contributed by atoms with van der Waals surface area (Å²) < 4.78 is 97.9. The molecule has 2 saturated carbocycles. The number of fused-ring (bicyclic) bond motifs is 1. The summed E-state index contributed by atoms with van der Waals surface area (Å²) in [6, 6.07) is 1.60. The molecule has 1 N–H and O–H groups in total. The van der Waals surface area contributed by atoms with Gasteiger partial charge in [-0.05, 0) is 49.8 Å². The van der Waals surface area contributed by atoms with Gasteiger partial charge in [-0.2, -0.15) is 13.2 Å². The first-order chi connectivity index (χ1) is 15.5. The van der Waals surface area contributed by atoms with Gasteiger partial charge in [0.1, 0.15) is 23.0 Å². The van der Waals surface area contributed by atoms with Crippen molar-refractivity contribution in [3.63, 3.8) is 0 Å². The maximum atomic E-state index is 15.1. The second-order valence-electron chi connectivity index (χ2n) is 8.45. The summed E-state index contributed by atoms with van der Waals surface area (Å²) in [5, 5.41) is -0.139. The third-order valence-corrected chi connectivity index (χ3v) is 8.01. The SMILES string of the molecule is O=S(=O)(NCc1cn(C2CCC2)c2nc(-c3cc(F)cnc3C(F)(F)F)c(F)cc12)C1CC1. The molecule has 0 radical (unpaired) electrons. The molecule has 0 amide bonds. The van der Waals surface area contributed by atoms with Gasteiger partial charge in [0.25, 0.3) is 0 Å². The van der Waals surface area contributed by atoms with Crippen LogP contribution in [0.25, 0.3) is 22.3 Å². The fraction of sp³-hybridized carbons (Fsp3) is 0.429. The molecule has 0 spiro atoms. The first-order valence-electron chi connectivity index (χ1n) is 10.5. The van der Waals surface area contributed by atoms with Crippen molar-refractivity contribution in [2.45, 2.75) is 56.1 Å². The number of pyridine rings is 2. The number of hydrogen-bond donors (Lipinski definition) is 1. The molecule has 2 aliphatic rings. The van der Waals surface area contributed by atoms with E-state index in [9.17, 15) is 26.0 Å². The van der Waals surface area contributed by atoms with Crippen LogP contribution in [-0.4, -0.2) is 28.2 Å². The second kappa shape index (κ2) is 7.73. The van der Waals surface area contributed by atoms with Crippen LogP contribution in [0.4, 0.5) is 22.0 Å². The number of nitrogens with one attached hydrogen (secondary N) is 1. The predicted octanol–water partition coefficient (Wildman–Crippen LogP) is 4.70. The second-order valence-corrected chi connectivity index (χ2v) is 10.5. The third kappa shape index (κ3) is 4.10. The van der Waals surface area contributed by atoms with E-state index in [-0.39, 0.29) is 18.2 Å². The highest BCUT2D eigenvalue weighted by Crippen LogP contribution is 2.40. The Morgan fingerprint density at radius 2 is 1.85 bits per heavy atom. The number of aromatic nitrogens is 3.